The number of aromatic nitrogens is 1. The average molecular weight is 409 g/mol. The van der Waals surface area contributed by atoms with Crippen LogP contribution in [0.25, 0.3) is 10.9 Å². The number of hydrogen-bond donors (Lipinski definition) is 2. The van der Waals surface area contributed by atoms with Gasteiger partial charge in [0.15, 0.2) is 6.61 Å². The third-order valence-corrected chi connectivity index (χ3v) is 4.54. The minimum Gasteiger partial charge on any atom is -0.456 e. The Morgan fingerprint density at radius 1 is 1.17 bits per heavy atom. The summed E-state index contributed by atoms with van der Waals surface area (Å²) in [4.78, 5) is 50.3. The number of fused-ring (bicyclic) bond motifs is 1. The number of nitrogens with one attached hydrogen (secondary N) is 2. The molecule has 0 bridgehead atoms. The predicted molar refractivity (Wildman–Crippen MR) is 108 cm³/mol. The van der Waals surface area contributed by atoms with Crippen molar-refractivity contribution in [3.63, 3.8) is 0 Å². The van der Waals surface area contributed by atoms with E-state index in [-0.39, 0.29) is 17.0 Å². The van der Waals surface area contributed by atoms with Gasteiger partial charge >= 0.3 is 5.97 Å². The van der Waals surface area contributed by atoms with Gasteiger partial charge in [-0.1, -0.05) is 24.3 Å². The molecule has 0 aliphatic carbocycles. The highest BCUT2D eigenvalue weighted by Crippen LogP contribution is 2.22. The molecule has 2 N–H and O–H groups in total. The summed E-state index contributed by atoms with van der Waals surface area (Å²) in [5.41, 5.74) is 1.73. The van der Waals surface area contributed by atoms with Crippen molar-refractivity contribution in [3.8, 4) is 0 Å². The maximum atomic E-state index is 12.6. The molecule has 0 radical (unpaired) electrons. The van der Waals surface area contributed by atoms with Crippen molar-refractivity contribution >= 4 is 34.3 Å². The zero-order valence-electron chi connectivity index (χ0n) is 16.3. The van der Waals surface area contributed by atoms with Crippen LogP contribution in [0.15, 0.2) is 48.5 Å². The largest absolute Gasteiger partial charge is 0.456 e. The first-order chi connectivity index (χ1) is 14.3. The highest BCUT2D eigenvalue weighted by atomic mass is 16.6. The molecule has 154 valence electrons. The summed E-state index contributed by atoms with van der Waals surface area (Å²) in [6.45, 7) is 2.69. The lowest BCUT2D eigenvalue weighted by Gasteiger charge is -2.13. The van der Waals surface area contributed by atoms with Gasteiger partial charge in [-0.15, -0.1) is 0 Å². The van der Waals surface area contributed by atoms with E-state index in [0.29, 0.717) is 11.3 Å². The Kier molecular flexibility index (Phi) is 5.91. The molecule has 1 atom stereocenters. The fourth-order valence-corrected chi connectivity index (χ4v) is 3.07. The number of rotatable bonds is 7. The number of carbonyl (C=O) groups is 3. The maximum absolute atomic E-state index is 12.6. The van der Waals surface area contributed by atoms with E-state index < -0.39 is 29.4 Å². The number of amides is 1. The number of ketones is 1. The van der Waals surface area contributed by atoms with Crippen LogP contribution in [-0.2, 0) is 9.53 Å². The normalized spacial score (nSPS) is 11.7. The van der Waals surface area contributed by atoms with Crippen LogP contribution in [0.1, 0.15) is 33.3 Å². The summed E-state index contributed by atoms with van der Waals surface area (Å²) < 4.78 is 5.07. The molecule has 3 rings (SSSR count). The molecule has 0 saturated carbocycles. The topological polar surface area (TPSA) is 131 Å². The molecule has 2 aromatic carbocycles. The summed E-state index contributed by atoms with van der Waals surface area (Å²) in [5.74, 6) is -1.82. The Morgan fingerprint density at radius 2 is 1.90 bits per heavy atom. The van der Waals surface area contributed by atoms with Crippen LogP contribution in [-0.4, -0.2) is 40.2 Å². The van der Waals surface area contributed by atoms with E-state index in [1.165, 1.54) is 25.1 Å². The molecule has 0 aliphatic heterocycles. The number of nitro benzene ring substituents is 1. The lowest BCUT2D eigenvalue weighted by molar-refractivity contribution is -0.384. The zero-order valence-corrected chi connectivity index (χ0v) is 16.3. The van der Waals surface area contributed by atoms with Crippen LogP contribution < -0.4 is 5.32 Å². The van der Waals surface area contributed by atoms with Crippen LogP contribution in [0.2, 0.25) is 0 Å². The van der Waals surface area contributed by atoms with Crippen molar-refractivity contribution in [2.75, 3.05) is 6.61 Å². The van der Waals surface area contributed by atoms with Gasteiger partial charge in [0, 0.05) is 39.9 Å². The standard InChI is InChI=1S/C21H19N3O6/c1-12-19(16-8-3-4-9-17(16)22-12)18(25)11-30-21(27)13(2)23-20(26)14-6-5-7-15(10-14)24(28)29/h3-10,13,22H,11H2,1-2H3,(H,23,26)/t13-/m0/s1. The van der Waals surface area contributed by atoms with E-state index in [0.717, 1.165) is 17.0 Å². The summed E-state index contributed by atoms with van der Waals surface area (Å²) in [6, 6.07) is 11.4. The Bertz CT molecular complexity index is 1150. The Labute approximate surface area is 171 Å². The van der Waals surface area contributed by atoms with Crippen LogP contribution in [0.5, 0.6) is 0 Å². The van der Waals surface area contributed by atoms with Gasteiger partial charge in [-0.2, -0.15) is 0 Å². The molecular formula is C21H19N3O6. The lowest BCUT2D eigenvalue weighted by atomic mass is 10.1. The minimum absolute atomic E-state index is 0.0364. The van der Waals surface area contributed by atoms with E-state index in [4.69, 9.17) is 4.74 Å². The smallest absolute Gasteiger partial charge is 0.328 e. The van der Waals surface area contributed by atoms with E-state index in [2.05, 4.69) is 10.3 Å². The van der Waals surface area contributed by atoms with Gasteiger partial charge in [0.05, 0.1) is 4.92 Å². The summed E-state index contributed by atoms with van der Waals surface area (Å²) in [6.07, 6.45) is 0. The van der Waals surface area contributed by atoms with Crippen molar-refractivity contribution in [2.45, 2.75) is 19.9 Å². The second-order valence-electron chi connectivity index (χ2n) is 6.70. The molecule has 1 amide bonds. The zero-order chi connectivity index (χ0) is 21.8. The third kappa shape index (κ3) is 4.35. The van der Waals surface area contributed by atoms with Crippen molar-refractivity contribution in [2.24, 2.45) is 0 Å². The predicted octanol–water partition coefficient (Wildman–Crippen LogP) is 2.93. The molecule has 0 saturated heterocycles. The number of Topliss-reactive ketones (excluding diaryl/α,β-unsaturated/α-hetero) is 1. The van der Waals surface area contributed by atoms with E-state index in [9.17, 15) is 24.5 Å². The fraction of sp³-hybridized carbons (Fsp3) is 0.190. The number of carbonyl (C=O) groups excluding carboxylic acids is 3. The van der Waals surface area contributed by atoms with Crippen LogP contribution >= 0.6 is 0 Å². The number of para-hydroxylation sites is 1. The summed E-state index contributed by atoms with van der Waals surface area (Å²) >= 11 is 0. The van der Waals surface area contributed by atoms with Crippen molar-refractivity contribution in [1.29, 1.82) is 0 Å². The Morgan fingerprint density at radius 3 is 2.63 bits per heavy atom. The first-order valence-electron chi connectivity index (χ1n) is 9.10. The Balaban J connectivity index is 1.61. The third-order valence-electron chi connectivity index (χ3n) is 4.54. The number of hydrogen-bond acceptors (Lipinski definition) is 6. The van der Waals surface area contributed by atoms with Crippen LogP contribution in [0.4, 0.5) is 5.69 Å². The number of nitro groups is 1. The van der Waals surface area contributed by atoms with E-state index in [1.807, 2.05) is 18.2 Å². The summed E-state index contributed by atoms with van der Waals surface area (Å²) in [5, 5.41) is 14.0. The molecule has 30 heavy (non-hydrogen) atoms. The van der Waals surface area contributed by atoms with Gasteiger partial charge in [-0.25, -0.2) is 4.79 Å². The molecule has 0 spiro atoms. The molecule has 9 heteroatoms. The van der Waals surface area contributed by atoms with Crippen LogP contribution in [0.3, 0.4) is 0 Å². The number of non-ortho nitro benzene ring substituents is 1. The number of H-pyrrole nitrogens is 1. The van der Waals surface area contributed by atoms with Gasteiger partial charge in [-0.3, -0.25) is 19.7 Å². The molecule has 0 fully saturated rings. The first kappa shape index (κ1) is 20.7. The molecule has 9 nitrogen and oxygen atoms in total. The van der Waals surface area contributed by atoms with Gasteiger partial charge < -0.3 is 15.0 Å². The molecule has 1 heterocycles. The second-order valence-corrected chi connectivity index (χ2v) is 6.70. The highest BCUT2D eigenvalue weighted by molar-refractivity contribution is 6.10. The minimum atomic E-state index is -1.05. The van der Waals surface area contributed by atoms with Crippen molar-refractivity contribution < 1.29 is 24.0 Å². The van der Waals surface area contributed by atoms with Gasteiger partial charge in [-0.05, 0) is 26.0 Å². The highest BCUT2D eigenvalue weighted by Gasteiger charge is 2.22. The number of aryl methyl sites for hydroxylation is 1. The molecule has 3 aromatic rings. The molecular weight excluding hydrogens is 390 g/mol. The van der Waals surface area contributed by atoms with E-state index in [1.54, 1.807) is 13.0 Å². The van der Waals surface area contributed by atoms with Gasteiger partial charge in [0.25, 0.3) is 11.6 Å². The van der Waals surface area contributed by atoms with Crippen molar-refractivity contribution in [1.82, 2.24) is 10.3 Å². The number of ether oxygens (including phenoxy) is 1. The molecule has 0 aliphatic rings. The number of aromatic amines is 1. The number of benzene rings is 2. The number of nitrogens with zero attached hydrogens (tertiary/aromatic N) is 1. The fourth-order valence-electron chi connectivity index (χ4n) is 3.07. The molecule has 1 aromatic heterocycles. The lowest BCUT2D eigenvalue weighted by Crippen LogP contribution is -2.40. The first-order valence-corrected chi connectivity index (χ1v) is 9.10. The van der Waals surface area contributed by atoms with Gasteiger partial charge in [0.1, 0.15) is 6.04 Å². The quantitative estimate of drug-likeness (QED) is 0.267. The Hall–Kier alpha value is -4.01. The SMILES string of the molecule is Cc1[nH]c2ccccc2c1C(=O)COC(=O)[C@H](C)NC(=O)c1cccc([N+](=O)[O-])c1. The monoisotopic (exact) mass is 409 g/mol. The van der Waals surface area contributed by atoms with Gasteiger partial charge in [0.2, 0.25) is 5.78 Å². The second kappa shape index (κ2) is 8.56. The maximum Gasteiger partial charge on any atom is 0.328 e. The summed E-state index contributed by atoms with van der Waals surface area (Å²) in [7, 11) is 0. The average Bonchev–Trinajstić information content (AvgIpc) is 3.07. The molecule has 0 unspecified atom stereocenters. The number of esters is 1. The van der Waals surface area contributed by atoms with Crippen LogP contribution in [0, 0.1) is 17.0 Å². The van der Waals surface area contributed by atoms with Crippen molar-refractivity contribution in [3.05, 3.63) is 75.5 Å². The van der Waals surface area contributed by atoms with E-state index >= 15 is 0 Å².